The third-order valence-corrected chi connectivity index (χ3v) is 5.86. The van der Waals surface area contributed by atoms with E-state index in [1.54, 1.807) is 54.6 Å². The van der Waals surface area contributed by atoms with Crippen LogP contribution in [0.5, 0.6) is 5.75 Å². The highest BCUT2D eigenvalue weighted by atomic mass is 35.5. The number of aryl methyl sites for hydroxylation is 1. The van der Waals surface area contributed by atoms with Crippen LogP contribution in [0, 0.1) is 13.8 Å². The number of hydrogen-bond acceptors (Lipinski definition) is 5. The lowest BCUT2D eigenvalue weighted by Gasteiger charge is -2.15. The van der Waals surface area contributed by atoms with Gasteiger partial charge in [0.05, 0.1) is 11.3 Å². The largest absolute Gasteiger partial charge is 0.423 e. The summed E-state index contributed by atoms with van der Waals surface area (Å²) < 4.78 is 5.50. The zero-order valence-electron chi connectivity index (χ0n) is 17.7. The fourth-order valence-electron chi connectivity index (χ4n) is 3.26. The van der Waals surface area contributed by atoms with Crippen LogP contribution in [0.2, 0.25) is 5.02 Å². The average molecular weight is 481 g/mol. The van der Waals surface area contributed by atoms with E-state index in [0.29, 0.717) is 27.7 Å². The summed E-state index contributed by atoms with van der Waals surface area (Å²) >= 11 is 12.0. The Labute approximate surface area is 200 Å². The van der Waals surface area contributed by atoms with E-state index in [9.17, 15) is 14.4 Å². The Bertz CT molecular complexity index is 1300. The van der Waals surface area contributed by atoms with Crippen molar-refractivity contribution in [2.45, 2.75) is 13.8 Å². The summed E-state index contributed by atoms with van der Waals surface area (Å²) in [6.07, 6.45) is 0. The summed E-state index contributed by atoms with van der Waals surface area (Å²) in [7, 11) is 0. The monoisotopic (exact) mass is 480 g/mol. The number of amides is 2. The van der Waals surface area contributed by atoms with Crippen molar-refractivity contribution < 1.29 is 19.1 Å². The van der Waals surface area contributed by atoms with Gasteiger partial charge in [-0.3, -0.25) is 9.59 Å². The molecule has 1 aliphatic heterocycles. The number of benzene rings is 3. The van der Waals surface area contributed by atoms with Gasteiger partial charge in [0.2, 0.25) is 0 Å². The summed E-state index contributed by atoms with van der Waals surface area (Å²) in [6.45, 7) is 3.83. The molecule has 0 radical (unpaired) electrons. The lowest BCUT2D eigenvalue weighted by molar-refractivity contribution is -0.120. The highest BCUT2D eigenvalue weighted by Crippen LogP contribution is 2.31. The molecule has 6 nitrogen and oxygen atoms in total. The Morgan fingerprint density at radius 3 is 2.21 bits per heavy atom. The molecule has 0 fully saturated rings. The summed E-state index contributed by atoms with van der Waals surface area (Å²) in [4.78, 5) is 38.9. The van der Waals surface area contributed by atoms with Gasteiger partial charge in [0, 0.05) is 10.7 Å². The number of hydrogen-bond donors (Lipinski definition) is 1. The van der Waals surface area contributed by atoms with Crippen molar-refractivity contribution in [1.82, 2.24) is 0 Å². The van der Waals surface area contributed by atoms with Crippen molar-refractivity contribution in [2.75, 3.05) is 10.2 Å². The van der Waals surface area contributed by atoms with Gasteiger partial charge in [-0.05, 0) is 79.6 Å². The van der Waals surface area contributed by atoms with Crippen LogP contribution in [0.1, 0.15) is 21.5 Å². The van der Waals surface area contributed by atoms with Crippen LogP contribution in [0.25, 0.3) is 0 Å². The topological polar surface area (TPSA) is 75.7 Å². The zero-order chi connectivity index (χ0) is 23.7. The Hall–Kier alpha value is -3.61. The number of carbonyl (C=O) groups excluding carboxylic acids is 3. The standard InChI is InChI=1S/C25H18Cl2N2O4/c1-14-4-3-5-20(15(14)2)33-25(32)16-6-10-18(11-7-16)28-22-21(27)23(30)29(24(22)31)19-12-8-17(26)9-13-19/h3-13,28H,1-2H3. The molecular weight excluding hydrogens is 463 g/mol. The molecule has 8 heteroatoms. The zero-order valence-corrected chi connectivity index (χ0v) is 19.2. The number of halogens is 2. The molecule has 4 rings (SSSR count). The first-order chi connectivity index (χ1) is 15.8. The minimum Gasteiger partial charge on any atom is -0.423 e. The van der Waals surface area contributed by atoms with E-state index < -0.39 is 17.8 Å². The van der Waals surface area contributed by atoms with Crippen molar-refractivity contribution in [3.63, 3.8) is 0 Å². The van der Waals surface area contributed by atoms with E-state index in [1.807, 2.05) is 26.0 Å². The van der Waals surface area contributed by atoms with Crippen LogP contribution >= 0.6 is 23.2 Å². The lowest BCUT2D eigenvalue weighted by Crippen LogP contribution is -2.32. The SMILES string of the molecule is Cc1cccc(OC(=O)c2ccc(NC3=C(Cl)C(=O)N(c4ccc(Cl)cc4)C3=O)cc2)c1C. The van der Waals surface area contributed by atoms with Gasteiger partial charge in [0.25, 0.3) is 11.8 Å². The maximum Gasteiger partial charge on any atom is 0.343 e. The summed E-state index contributed by atoms with van der Waals surface area (Å²) in [5.74, 6) is -1.24. The van der Waals surface area contributed by atoms with Crippen LogP contribution in [0.4, 0.5) is 11.4 Å². The average Bonchev–Trinajstić information content (AvgIpc) is 3.01. The third kappa shape index (κ3) is 4.49. The molecule has 3 aromatic rings. The molecular formula is C25H18Cl2N2O4. The molecule has 0 aliphatic carbocycles. The number of ether oxygens (including phenoxy) is 1. The molecule has 0 bridgehead atoms. The summed E-state index contributed by atoms with van der Waals surface area (Å²) in [6, 6.07) is 18.1. The fraction of sp³-hybridized carbons (Fsp3) is 0.0800. The quantitative estimate of drug-likeness (QED) is 0.291. The molecule has 0 saturated heterocycles. The molecule has 1 aliphatic rings. The number of imide groups is 1. The molecule has 2 amide bonds. The van der Waals surface area contributed by atoms with Gasteiger partial charge in [-0.25, -0.2) is 9.69 Å². The Balaban J connectivity index is 1.49. The van der Waals surface area contributed by atoms with E-state index in [2.05, 4.69) is 5.32 Å². The molecule has 3 aromatic carbocycles. The molecule has 33 heavy (non-hydrogen) atoms. The number of carbonyl (C=O) groups is 3. The Kier molecular flexibility index (Phi) is 6.22. The number of rotatable bonds is 5. The predicted octanol–water partition coefficient (Wildman–Crippen LogP) is 5.61. The number of nitrogens with zero attached hydrogens (tertiary/aromatic N) is 1. The summed E-state index contributed by atoms with van der Waals surface area (Å²) in [5.41, 5.74) is 3.02. The Morgan fingerprint density at radius 2 is 1.55 bits per heavy atom. The first-order valence-electron chi connectivity index (χ1n) is 9.96. The molecule has 166 valence electrons. The molecule has 1 heterocycles. The highest BCUT2D eigenvalue weighted by molar-refractivity contribution is 6.53. The minimum atomic E-state index is -0.639. The number of nitrogens with one attached hydrogen (secondary N) is 1. The van der Waals surface area contributed by atoms with Gasteiger partial charge >= 0.3 is 5.97 Å². The van der Waals surface area contributed by atoms with E-state index in [1.165, 1.54) is 0 Å². The van der Waals surface area contributed by atoms with Crippen molar-refractivity contribution in [2.24, 2.45) is 0 Å². The van der Waals surface area contributed by atoms with Gasteiger partial charge in [-0.2, -0.15) is 0 Å². The smallest absolute Gasteiger partial charge is 0.343 e. The molecule has 0 unspecified atom stereocenters. The maximum absolute atomic E-state index is 12.8. The second-order valence-corrected chi connectivity index (χ2v) is 8.22. The van der Waals surface area contributed by atoms with Crippen LogP contribution in [0.3, 0.4) is 0 Å². The highest BCUT2D eigenvalue weighted by Gasteiger charge is 2.38. The first-order valence-corrected chi connectivity index (χ1v) is 10.7. The molecule has 0 spiro atoms. The first kappa shape index (κ1) is 22.6. The van der Waals surface area contributed by atoms with Gasteiger partial charge in [0.15, 0.2) is 0 Å². The third-order valence-electron chi connectivity index (χ3n) is 5.26. The van der Waals surface area contributed by atoms with E-state index in [0.717, 1.165) is 16.0 Å². The number of esters is 1. The van der Waals surface area contributed by atoms with E-state index >= 15 is 0 Å². The molecule has 0 saturated carbocycles. The predicted molar refractivity (Wildman–Crippen MR) is 128 cm³/mol. The normalized spacial score (nSPS) is 13.5. The van der Waals surface area contributed by atoms with Gasteiger partial charge in [0.1, 0.15) is 16.5 Å². The maximum atomic E-state index is 12.8. The molecule has 1 N–H and O–H groups in total. The summed E-state index contributed by atoms with van der Waals surface area (Å²) in [5, 5.41) is 3.12. The second kappa shape index (κ2) is 9.10. The van der Waals surface area contributed by atoms with Crippen molar-refractivity contribution in [3.05, 3.63) is 99.2 Å². The van der Waals surface area contributed by atoms with Crippen molar-refractivity contribution in [1.29, 1.82) is 0 Å². The van der Waals surface area contributed by atoms with Crippen LogP contribution in [-0.4, -0.2) is 17.8 Å². The van der Waals surface area contributed by atoms with Gasteiger partial charge < -0.3 is 10.1 Å². The van der Waals surface area contributed by atoms with Gasteiger partial charge in [-0.15, -0.1) is 0 Å². The molecule has 0 atom stereocenters. The van der Waals surface area contributed by atoms with Crippen LogP contribution < -0.4 is 15.0 Å². The lowest BCUT2D eigenvalue weighted by atomic mass is 10.1. The van der Waals surface area contributed by atoms with Crippen LogP contribution in [-0.2, 0) is 9.59 Å². The van der Waals surface area contributed by atoms with Gasteiger partial charge in [-0.1, -0.05) is 35.3 Å². The van der Waals surface area contributed by atoms with Crippen molar-refractivity contribution in [3.8, 4) is 5.75 Å². The van der Waals surface area contributed by atoms with Crippen LogP contribution in [0.15, 0.2) is 77.5 Å². The number of anilines is 2. The van der Waals surface area contributed by atoms with Crippen molar-refractivity contribution >= 4 is 52.4 Å². The Morgan fingerprint density at radius 1 is 0.879 bits per heavy atom. The minimum absolute atomic E-state index is 0.0534. The van der Waals surface area contributed by atoms with E-state index in [-0.39, 0.29) is 10.7 Å². The van der Waals surface area contributed by atoms with E-state index in [4.69, 9.17) is 27.9 Å². The fourth-order valence-corrected chi connectivity index (χ4v) is 3.60. The second-order valence-electron chi connectivity index (χ2n) is 7.40. The molecule has 0 aromatic heterocycles.